The number of furan rings is 1. The van der Waals surface area contributed by atoms with Gasteiger partial charge in [0.15, 0.2) is 5.65 Å². The standard InChI is InChI=1S/C25H30N6O4/c1-14(2)31-22-20(13-26-31)19(12-21(28-22)18-11-15(3)35-16(18)4)24(33)29-7-9-30(10-8-29)25(34)23(32)27-17-5-6-17/h11-14,17H,5-10H2,1-4H3,(H,27,32). The first kappa shape index (κ1) is 23.1. The Balaban J connectivity index is 1.42. The molecule has 2 aliphatic rings. The molecule has 0 bridgehead atoms. The highest BCUT2D eigenvalue weighted by molar-refractivity contribution is 6.35. The molecular formula is C25H30N6O4. The maximum absolute atomic E-state index is 13.7. The highest BCUT2D eigenvalue weighted by atomic mass is 16.3. The first-order valence-corrected chi connectivity index (χ1v) is 12.1. The molecule has 0 spiro atoms. The van der Waals surface area contributed by atoms with Crippen molar-refractivity contribution in [3.8, 4) is 11.3 Å². The Bertz CT molecular complexity index is 1310. The largest absolute Gasteiger partial charge is 0.466 e. The van der Waals surface area contributed by atoms with Crippen molar-refractivity contribution in [1.29, 1.82) is 0 Å². The van der Waals surface area contributed by atoms with Crippen molar-refractivity contribution < 1.29 is 18.8 Å². The average Bonchev–Trinajstić information content (AvgIpc) is 3.43. The van der Waals surface area contributed by atoms with Crippen molar-refractivity contribution >= 4 is 28.8 Å². The summed E-state index contributed by atoms with van der Waals surface area (Å²) < 4.78 is 7.52. The van der Waals surface area contributed by atoms with Gasteiger partial charge in [0.25, 0.3) is 5.91 Å². The minimum absolute atomic E-state index is 0.0710. The van der Waals surface area contributed by atoms with Crippen LogP contribution in [-0.2, 0) is 9.59 Å². The molecule has 1 aliphatic heterocycles. The number of nitrogens with zero attached hydrogens (tertiary/aromatic N) is 5. The zero-order valence-electron chi connectivity index (χ0n) is 20.5. The lowest BCUT2D eigenvalue weighted by Gasteiger charge is -2.34. The number of fused-ring (bicyclic) bond motifs is 1. The van der Waals surface area contributed by atoms with Crippen molar-refractivity contribution in [2.45, 2.75) is 52.6 Å². The fourth-order valence-electron chi connectivity index (χ4n) is 4.50. The van der Waals surface area contributed by atoms with Crippen LogP contribution in [0.5, 0.6) is 0 Å². The Labute approximate surface area is 203 Å². The van der Waals surface area contributed by atoms with E-state index in [-0.39, 0.29) is 18.0 Å². The van der Waals surface area contributed by atoms with E-state index in [9.17, 15) is 14.4 Å². The number of hydrogen-bond donors (Lipinski definition) is 1. The molecule has 10 nitrogen and oxygen atoms in total. The molecule has 1 aliphatic carbocycles. The van der Waals surface area contributed by atoms with Gasteiger partial charge in [0.1, 0.15) is 11.5 Å². The van der Waals surface area contributed by atoms with E-state index >= 15 is 0 Å². The number of carbonyl (C=O) groups is 3. The van der Waals surface area contributed by atoms with E-state index in [1.54, 1.807) is 17.2 Å². The minimum atomic E-state index is -0.556. The molecule has 0 radical (unpaired) electrons. The van der Waals surface area contributed by atoms with Crippen molar-refractivity contribution in [2.75, 3.05) is 26.2 Å². The van der Waals surface area contributed by atoms with Crippen LogP contribution in [0, 0.1) is 13.8 Å². The molecule has 1 saturated carbocycles. The van der Waals surface area contributed by atoms with Gasteiger partial charge in [-0.3, -0.25) is 14.4 Å². The molecule has 1 N–H and O–H groups in total. The Morgan fingerprint density at radius 1 is 1.06 bits per heavy atom. The second-order valence-electron chi connectivity index (χ2n) is 9.63. The molecule has 5 rings (SSSR count). The Morgan fingerprint density at radius 3 is 2.34 bits per heavy atom. The lowest BCUT2D eigenvalue weighted by molar-refractivity contribution is -0.146. The SMILES string of the molecule is Cc1cc(-c2cc(C(=O)N3CCN(C(=O)C(=O)NC4CC4)CC3)c3cnn(C(C)C)c3n2)c(C)o1. The van der Waals surface area contributed by atoms with Gasteiger partial charge in [-0.2, -0.15) is 5.10 Å². The summed E-state index contributed by atoms with van der Waals surface area (Å²) in [6.07, 6.45) is 3.54. The summed E-state index contributed by atoms with van der Waals surface area (Å²) in [5.74, 6) is 0.284. The molecule has 1 saturated heterocycles. The molecule has 0 atom stereocenters. The van der Waals surface area contributed by atoms with Crippen LogP contribution in [-0.4, -0.2) is 74.5 Å². The number of piperazine rings is 1. The molecule has 0 unspecified atom stereocenters. The second-order valence-corrected chi connectivity index (χ2v) is 9.63. The van der Waals surface area contributed by atoms with E-state index in [0.717, 1.165) is 29.9 Å². The maximum atomic E-state index is 13.7. The first-order chi connectivity index (χ1) is 16.7. The monoisotopic (exact) mass is 478 g/mol. The van der Waals surface area contributed by atoms with Crippen molar-refractivity contribution in [1.82, 2.24) is 29.9 Å². The van der Waals surface area contributed by atoms with Gasteiger partial charge < -0.3 is 19.5 Å². The first-order valence-electron chi connectivity index (χ1n) is 12.1. The zero-order chi connectivity index (χ0) is 24.9. The molecule has 4 heterocycles. The van der Waals surface area contributed by atoms with Crippen LogP contribution in [0.4, 0.5) is 0 Å². The number of pyridine rings is 1. The summed E-state index contributed by atoms with van der Waals surface area (Å²) in [4.78, 5) is 46.4. The lowest BCUT2D eigenvalue weighted by atomic mass is 10.1. The van der Waals surface area contributed by atoms with Gasteiger partial charge in [0, 0.05) is 43.8 Å². The summed E-state index contributed by atoms with van der Waals surface area (Å²) in [5.41, 5.74) is 2.65. The molecule has 3 aromatic rings. The van der Waals surface area contributed by atoms with E-state index in [0.29, 0.717) is 48.5 Å². The van der Waals surface area contributed by atoms with Crippen LogP contribution in [0.25, 0.3) is 22.3 Å². The number of aryl methyl sites for hydroxylation is 2. The minimum Gasteiger partial charge on any atom is -0.466 e. The third-order valence-corrected chi connectivity index (χ3v) is 6.56. The maximum Gasteiger partial charge on any atom is 0.312 e. The van der Waals surface area contributed by atoms with Gasteiger partial charge in [-0.05, 0) is 52.7 Å². The average molecular weight is 479 g/mol. The molecule has 35 heavy (non-hydrogen) atoms. The van der Waals surface area contributed by atoms with Crippen LogP contribution in [0.2, 0.25) is 0 Å². The molecule has 10 heteroatoms. The molecule has 3 aromatic heterocycles. The fourth-order valence-corrected chi connectivity index (χ4v) is 4.50. The van der Waals surface area contributed by atoms with Crippen LogP contribution >= 0.6 is 0 Å². The van der Waals surface area contributed by atoms with Gasteiger partial charge >= 0.3 is 11.8 Å². The summed E-state index contributed by atoms with van der Waals surface area (Å²) >= 11 is 0. The van der Waals surface area contributed by atoms with Crippen LogP contribution in [0.3, 0.4) is 0 Å². The van der Waals surface area contributed by atoms with Gasteiger partial charge in [0.05, 0.1) is 22.8 Å². The number of nitrogens with one attached hydrogen (secondary N) is 1. The highest BCUT2D eigenvalue weighted by Gasteiger charge is 2.32. The van der Waals surface area contributed by atoms with Crippen LogP contribution in [0.15, 0.2) is 22.7 Å². The van der Waals surface area contributed by atoms with Crippen LogP contribution < -0.4 is 5.32 Å². The fraction of sp³-hybridized carbons (Fsp3) is 0.480. The zero-order valence-corrected chi connectivity index (χ0v) is 20.5. The quantitative estimate of drug-likeness (QED) is 0.577. The Kier molecular flexibility index (Phi) is 5.82. The van der Waals surface area contributed by atoms with E-state index < -0.39 is 11.8 Å². The molecule has 3 amide bonds. The second kappa shape index (κ2) is 8.83. The summed E-state index contributed by atoms with van der Waals surface area (Å²) in [5, 5.41) is 7.91. The number of rotatable bonds is 4. The van der Waals surface area contributed by atoms with E-state index in [1.165, 1.54) is 4.90 Å². The molecular weight excluding hydrogens is 448 g/mol. The van der Waals surface area contributed by atoms with Gasteiger partial charge in [0.2, 0.25) is 0 Å². The topological polar surface area (TPSA) is 114 Å². The summed E-state index contributed by atoms with van der Waals surface area (Å²) in [6, 6.07) is 3.92. The van der Waals surface area contributed by atoms with Crippen molar-refractivity contribution in [3.63, 3.8) is 0 Å². The summed E-state index contributed by atoms with van der Waals surface area (Å²) in [7, 11) is 0. The number of hydrogen-bond acceptors (Lipinski definition) is 6. The van der Waals surface area contributed by atoms with Gasteiger partial charge in [-0.1, -0.05) is 0 Å². The summed E-state index contributed by atoms with van der Waals surface area (Å²) in [6.45, 7) is 9.13. The van der Waals surface area contributed by atoms with E-state index in [4.69, 9.17) is 9.40 Å². The van der Waals surface area contributed by atoms with Gasteiger partial charge in [-0.15, -0.1) is 0 Å². The third-order valence-electron chi connectivity index (χ3n) is 6.56. The molecule has 184 valence electrons. The molecule has 2 fully saturated rings. The lowest BCUT2D eigenvalue weighted by Crippen LogP contribution is -2.54. The normalized spacial score (nSPS) is 16.3. The smallest absolute Gasteiger partial charge is 0.312 e. The van der Waals surface area contributed by atoms with Crippen molar-refractivity contribution in [2.24, 2.45) is 0 Å². The predicted molar refractivity (Wildman–Crippen MR) is 129 cm³/mol. The third kappa shape index (κ3) is 4.40. The van der Waals surface area contributed by atoms with Gasteiger partial charge in [-0.25, -0.2) is 9.67 Å². The highest BCUT2D eigenvalue weighted by Crippen LogP contribution is 2.30. The number of carbonyl (C=O) groups excluding carboxylic acids is 3. The van der Waals surface area contributed by atoms with E-state index in [2.05, 4.69) is 10.4 Å². The predicted octanol–water partition coefficient (Wildman–Crippen LogP) is 2.45. The Hall–Kier alpha value is -3.69. The van der Waals surface area contributed by atoms with Crippen LogP contribution in [0.1, 0.15) is 54.6 Å². The number of aromatic nitrogens is 3. The Morgan fingerprint density at radius 2 is 1.74 bits per heavy atom. The van der Waals surface area contributed by atoms with Crippen molar-refractivity contribution in [3.05, 3.63) is 35.4 Å². The van der Waals surface area contributed by atoms with E-state index in [1.807, 2.05) is 38.4 Å². The number of amides is 3. The molecule has 0 aromatic carbocycles.